The van der Waals surface area contributed by atoms with Gasteiger partial charge < -0.3 is 4.90 Å². The number of halogens is 3. The van der Waals surface area contributed by atoms with Crippen LogP contribution in [0.1, 0.15) is 35.3 Å². The van der Waals surface area contributed by atoms with E-state index in [9.17, 15) is 18.0 Å². The van der Waals surface area contributed by atoms with E-state index in [1.54, 1.807) is 32.0 Å². The first kappa shape index (κ1) is 18.0. The standard InChI is InChI=1S/C19H20F3NO/c1-4-23(5-2)18(24)16-10-15(11-17(12-16)19(20,21)22)14-8-6-7-13(3)9-14/h6-12H,4-5H2,1-3H3. The van der Waals surface area contributed by atoms with E-state index in [4.69, 9.17) is 0 Å². The molecule has 0 saturated heterocycles. The van der Waals surface area contributed by atoms with Gasteiger partial charge in [0.1, 0.15) is 0 Å². The minimum absolute atomic E-state index is 0.0602. The molecule has 0 spiro atoms. The zero-order chi connectivity index (χ0) is 17.9. The third-order valence-electron chi connectivity index (χ3n) is 3.91. The second-order valence-corrected chi connectivity index (χ2v) is 5.64. The Kier molecular flexibility index (Phi) is 5.32. The predicted octanol–water partition coefficient (Wildman–Crippen LogP) is 5.16. The Hall–Kier alpha value is -2.30. The van der Waals surface area contributed by atoms with Crippen LogP contribution in [0.4, 0.5) is 13.2 Å². The van der Waals surface area contributed by atoms with E-state index in [2.05, 4.69) is 0 Å². The van der Waals surface area contributed by atoms with Gasteiger partial charge in [0.05, 0.1) is 5.56 Å². The third-order valence-corrected chi connectivity index (χ3v) is 3.91. The Labute approximate surface area is 139 Å². The maximum Gasteiger partial charge on any atom is 0.416 e. The summed E-state index contributed by atoms with van der Waals surface area (Å²) < 4.78 is 39.7. The van der Waals surface area contributed by atoms with Crippen molar-refractivity contribution < 1.29 is 18.0 Å². The van der Waals surface area contributed by atoms with Crippen LogP contribution in [0.5, 0.6) is 0 Å². The Morgan fingerprint density at radius 2 is 1.67 bits per heavy atom. The van der Waals surface area contributed by atoms with Gasteiger partial charge in [-0.3, -0.25) is 4.79 Å². The summed E-state index contributed by atoms with van der Waals surface area (Å²) in [4.78, 5) is 14.0. The van der Waals surface area contributed by atoms with Gasteiger partial charge in [-0.1, -0.05) is 29.8 Å². The van der Waals surface area contributed by atoms with Crippen LogP contribution in [0.2, 0.25) is 0 Å². The molecule has 0 fully saturated rings. The Balaban J connectivity index is 2.60. The summed E-state index contributed by atoms with van der Waals surface area (Å²) in [5.41, 5.74) is 1.25. The average molecular weight is 335 g/mol. The predicted molar refractivity (Wildman–Crippen MR) is 88.9 cm³/mol. The molecule has 0 radical (unpaired) electrons. The number of amides is 1. The van der Waals surface area contributed by atoms with Crippen LogP contribution in [0.3, 0.4) is 0 Å². The van der Waals surface area contributed by atoms with Crippen molar-refractivity contribution in [2.24, 2.45) is 0 Å². The minimum Gasteiger partial charge on any atom is -0.339 e. The number of carbonyl (C=O) groups is 1. The first-order valence-corrected chi connectivity index (χ1v) is 7.84. The zero-order valence-corrected chi connectivity index (χ0v) is 13.9. The quantitative estimate of drug-likeness (QED) is 0.755. The average Bonchev–Trinajstić information content (AvgIpc) is 2.54. The Morgan fingerprint density at radius 1 is 1.00 bits per heavy atom. The Morgan fingerprint density at radius 3 is 2.21 bits per heavy atom. The number of benzene rings is 2. The molecule has 0 N–H and O–H groups in total. The molecule has 0 aromatic heterocycles. The highest BCUT2D eigenvalue weighted by Gasteiger charge is 2.32. The lowest BCUT2D eigenvalue weighted by Gasteiger charge is -2.20. The number of hydrogen-bond acceptors (Lipinski definition) is 1. The molecule has 0 heterocycles. The van der Waals surface area contributed by atoms with Crippen LogP contribution < -0.4 is 0 Å². The molecule has 128 valence electrons. The number of rotatable bonds is 4. The SMILES string of the molecule is CCN(CC)C(=O)c1cc(-c2cccc(C)c2)cc(C(F)(F)F)c1. The molecule has 0 aliphatic carbocycles. The second-order valence-electron chi connectivity index (χ2n) is 5.64. The smallest absolute Gasteiger partial charge is 0.339 e. The molecule has 0 aliphatic heterocycles. The van der Waals surface area contributed by atoms with Crippen molar-refractivity contribution in [2.45, 2.75) is 26.9 Å². The zero-order valence-electron chi connectivity index (χ0n) is 13.9. The van der Waals surface area contributed by atoms with Crippen LogP contribution in [0.15, 0.2) is 42.5 Å². The molecule has 0 aliphatic rings. The molecule has 2 nitrogen and oxygen atoms in total. The maximum atomic E-state index is 13.2. The topological polar surface area (TPSA) is 20.3 Å². The number of carbonyl (C=O) groups excluding carboxylic acids is 1. The normalized spacial score (nSPS) is 11.4. The lowest BCUT2D eigenvalue weighted by atomic mass is 9.97. The fourth-order valence-electron chi connectivity index (χ4n) is 2.60. The van der Waals surface area contributed by atoms with E-state index in [-0.39, 0.29) is 11.5 Å². The molecule has 2 rings (SSSR count). The summed E-state index contributed by atoms with van der Waals surface area (Å²) in [6, 6.07) is 10.8. The van der Waals surface area contributed by atoms with Crippen molar-refractivity contribution in [3.63, 3.8) is 0 Å². The summed E-state index contributed by atoms with van der Waals surface area (Å²) in [6.45, 7) is 6.38. The van der Waals surface area contributed by atoms with Crippen molar-refractivity contribution in [3.05, 3.63) is 59.2 Å². The van der Waals surface area contributed by atoms with E-state index in [0.717, 1.165) is 17.7 Å². The highest BCUT2D eigenvalue weighted by atomic mass is 19.4. The molecule has 0 bridgehead atoms. The monoisotopic (exact) mass is 335 g/mol. The third kappa shape index (κ3) is 3.96. The first-order valence-electron chi connectivity index (χ1n) is 7.84. The molecular formula is C19H20F3NO. The van der Waals surface area contributed by atoms with Gasteiger partial charge in [-0.05, 0) is 50.1 Å². The highest BCUT2D eigenvalue weighted by molar-refractivity contribution is 5.95. The number of nitrogens with zero attached hydrogens (tertiary/aromatic N) is 1. The molecule has 1 amide bonds. The summed E-state index contributed by atoms with van der Waals surface area (Å²) >= 11 is 0. The summed E-state index contributed by atoms with van der Waals surface area (Å²) in [7, 11) is 0. The fourth-order valence-corrected chi connectivity index (χ4v) is 2.60. The van der Waals surface area contributed by atoms with Crippen LogP contribution in [0.25, 0.3) is 11.1 Å². The molecular weight excluding hydrogens is 315 g/mol. The molecule has 0 saturated carbocycles. The summed E-state index contributed by atoms with van der Waals surface area (Å²) in [6.07, 6.45) is -4.50. The van der Waals surface area contributed by atoms with Gasteiger partial charge in [-0.15, -0.1) is 0 Å². The van der Waals surface area contributed by atoms with Crippen molar-refractivity contribution in [1.82, 2.24) is 4.90 Å². The van der Waals surface area contributed by atoms with Gasteiger partial charge >= 0.3 is 6.18 Å². The summed E-state index contributed by atoms with van der Waals surface area (Å²) in [5.74, 6) is -0.389. The summed E-state index contributed by atoms with van der Waals surface area (Å²) in [5, 5.41) is 0. The van der Waals surface area contributed by atoms with Gasteiger partial charge in [0, 0.05) is 18.7 Å². The van der Waals surface area contributed by atoms with Crippen molar-refractivity contribution in [1.29, 1.82) is 0 Å². The van der Waals surface area contributed by atoms with Crippen LogP contribution in [-0.4, -0.2) is 23.9 Å². The second kappa shape index (κ2) is 7.07. The van der Waals surface area contributed by atoms with Crippen molar-refractivity contribution in [3.8, 4) is 11.1 Å². The molecule has 5 heteroatoms. The largest absolute Gasteiger partial charge is 0.416 e. The molecule has 2 aromatic rings. The van der Waals surface area contributed by atoms with Crippen LogP contribution >= 0.6 is 0 Å². The number of hydrogen-bond donors (Lipinski definition) is 0. The van der Waals surface area contributed by atoms with E-state index >= 15 is 0 Å². The molecule has 0 atom stereocenters. The van der Waals surface area contributed by atoms with E-state index in [1.165, 1.54) is 11.0 Å². The lowest BCUT2D eigenvalue weighted by Crippen LogP contribution is -2.30. The molecule has 0 unspecified atom stereocenters. The van der Waals surface area contributed by atoms with Crippen molar-refractivity contribution >= 4 is 5.91 Å². The van der Waals surface area contributed by atoms with Crippen LogP contribution in [0, 0.1) is 6.92 Å². The highest BCUT2D eigenvalue weighted by Crippen LogP contribution is 2.34. The van der Waals surface area contributed by atoms with Gasteiger partial charge in [0.25, 0.3) is 5.91 Å². The van der Waals surface area contributed by atoms with E-state index in [1.807, 2.05) is 13.0 Å². The van der Waals surface area contributed by atoms with Gasteiger partial charge in [-0.25, -0.2) is 0 Å². The molecule has 2 aromatic carbocycles. The van der Waals surface area contributed by atoms with Crippen LogP contribution in [-0.2, 0) is 6.18 Å². The maximum absolute atomic E-state index is 13.2. The lowest BCUT2D eigenvalue weighted by molar-refractivity contribution is -0.137. The minimum atomic E-state index is -4.50. The fraction of sp³-hybridized carbons (Fsp3) is 0.316. The van der Waals surface area contributed by atoms with Gasteiger partial charge in [0.2, 0.25) is 0 Å². The van der Waals surface area contributed by atoms with Crippen molar-refractivity contribution in [2.75, 3.05) is 13.1 Å². The number of alkyl halides is 3. The van der Waals surface area contributed by atoms with Gasteiger partial charge in [0.15, 0.2) is 0 Å². The number of aryl methyl sites for hydroxylation is 1. The van der Waals surface area contributed by atoms with E-state index < -0.39 is 11.7 Å². The van der Waals surface area contributed by atoms with Gasteiger partial charge in [-0.2, -0.15) is 13.2 Å². The molecule has 24 heavy (non-hydrogen) atoms. The Bertz CT molecular complexity index is 734. The van der Waals surface area contributed by atoms with E-state index in [0.29, 0.717) is 24.2 Å². The first-order chi connectivity index (χ1) is 11.3.